The molecule has 1 fully saturated rings. The Morgan fingerprint density at radius 2 is 1.67 bits per heavy atom. The second-order valence-corrected chi connectivity index (χ2v) is 8.96. The minimum Gasteiger partial charge on any atom is -0.403 e. The molecule has 0 amide bonds. The zero-order valence-corrected chi connectivity index (χ0v) is 18.5. The lowest BCUT2D eigenvalue weighted by Crippen LogP contribution is -2.17. The Balaban J connectivity index is 1.53. The van der Waals surface area contributed by atoms with Gasteiger partial charge in [-0.25, -0.2) is 8.78 Å². The summed E-state index contributed by atoms with van der Waals surface area (Å²) in [6, 6.07) is 12.0. The fraction of sp³-hybridized carbons (Fsp3) is 0.407. The number of halogens is 5. The van der Waals surface area contributed by atoms with E-state index in [1.165, 1.54) is 50.3 Å². The molecule has 4 rings (SSSR count). The molecule has 0 aliphatic heterocycles. The highest BCUT2D eigenvalue weighted by atomic mass is 19.4. The number of unbranched alkanes of at least 4 members (excludes halogenated alkanes) is 1. The van der Waals surface area contributed by atoms with Crippen LogP contribution in [0, 0.1) is 17.6 Å². The van der Waals surface area contributed by atoms with Crippen molar-refractivity contribution in [3.8, 4) is 16.9 Å². The van der Waals surface area contributed by atoms with E-state index in [-0.39, 0.29) is 11.2 Å². The molecule has 3 aromatic rings. The van der Waals surface area contributed by atoms with Crippen molar-refractivity contribution >= 4 is 10.8 Å². The Kier molecular flexibility index (Phi) is 6.91. The van der Waals surface area contributed by atoms with Crippen molar-refractivity contribution in [2.45, 2.75) is 64.1 Å². The van der Waals surface area contributed by atoms with Crippen LogP contribution >= 0.6 is 0 Å². The van der Waals surface area contributed by atoms with Gasteiger partial charge in [0.1, 0.15) is 5.82 Å². The van der Waals surface area contributed by atoms with E-state index in [0.717, 1.165) is 30.4 Å². The Morgan fingerprint density at radius 3 is 2.33 bits per heavy atom. The third-order valence-corrected chi connectivity index (χ3v) is 6.73. The fourth-order valence-corrected chi connectivity index (χ4v) is 4.94. The lowest BCUT2D eigenvalue weighted by molar-refractivity contribution is -0.275. The number of benzene rings is 3. The Morgan fingerprint density at radius 1 is 0.909 bits per heavy atom. The van der Waals surface area contributed by atoms with Gasteiger partial charge < -0.3 is 4.74 Å². The molecular weight excluding hydrogens is 435 g/mol. The van der Waals surface area contributed by atoms with Crippen molar-refractivity contribution in [2.24, 2.45) is 5.92 Å². The Bertz CT molecular complexity index is 1110. The molecule has 0 N–H and O–H groups in total. The average Bonchev–Trinajstić information content (AvgIpc) is 2.79. The maximum absolute atomic E-state index is 15.0. The molecule has 1 nitrogen and oxygen atoms in total. The number of ether oxygens (including phenoxy) is 1. The van der Waals surface area contributed by atoms with Gasteiger partial charge in [-0.15, -0.1) is 13.2 Å². The molecular formula is C27H27F5O. The van der Waals surface area contributed by atoms with E-state index in [4.69, 9.17) is 0 Å². The highest BCUT2D eigenvalue weighted by Crippen LogP contribution is 2.39. The van der Waals surface area contributed by atoms with Crippen LogP contribution in [0.25, 0.3) is 21.9 Å². The summed E-state index contributed by atoms with van der Waals surface area (Å²) < 4.78 is 70.6. The number of rotatable bonds is 6. The number of hydrogen-bond donors (Lipinski definition) is 0. The minimum atomic E-state index is -4.98. The summed E-state index contributed by atoms with van der Waals surface area (Å²) in [4.78, 5) is 0. The van der Waals surface area contributed by atoms with Gasteiger partial charge in [-0.3, -0.25) is 0 Å². The zero-order chi connectivity index (χ0) is 23.6. The predicted octanol–water partition coefficient (Wildman–Crippen LogP) is 9.15. The Labute approximate surface area is 190 Å². The topological polar surface area (TPSA) is 9.23 Å². The first kappa shape index (κ1) is 23.5. The highest BCUT2D eigenvalue weighted by Gasteiger charge is 2.32. The van der Waals surface area contributed by atoms with Crippen molar-refractivity contribution < 1.29 is 26.7 Å². The number of fused-ring (bicyclic) bond motifs is 1. The first-order valence-electron chi connectivity index (χ1n) is 11.5. The SMILES string of the molecule is CCCC[C@H]1CC[C@H](c2ccc(-c3ccc4c(F)c(OC(F)(F)F)ccc4c3)c(F)c2)CC1. The molecule has 0 unspecified atom stereocenters. The van der Waals surface area contributed by atoms with Gasteiger partial charge in [0.15, 0.2) is 11.6 Å². The minimum absolute atomic E-state index is 0.0163. The van der Waals surface area contributed by atoms with Crippen molar-refractivity contribution in [2.75, 3.05) is 0 Å². The van der Waals surface area contributed by atoms with E-state index in [1.54, 1.807) is 18.2 Å². The lowest BCUT2D eigenvalue weighted by Gasteiger charge is -2.29. The second-order valence-electron chi connectivity index (χ2n) is 8.96. The zero-order valence-electron chi connectivity index (χ0n) is 18.5. The van der Waals surface area contributed by atoms with Crippen LogP contribution < -0.4 is 4.74 Å². The van der Waals surface area contributed by atoms with E-state index >= 15 is 4.39 Å². The van der Waals surface area contributed by atoms with Crippen molar-refractivity contribution in [3.63, 3.8) is 0 Å². The van der Waals surface area contributed by atoms with Gasteiger partial charge in [-0.05, 0) is 72.2 Å². The van der Waals surface area contributed by atoms with Gasteiger partial charge in [-0.2, -0.15) is 0 Å². The molecule has 0 radical (unpaired) electrons. The fourth-order valence-electron chi connectivity index (χ4n) is 4.94. The number of alkyl halides is 3. The molecule has 0 heterocycles. The third-order valence-electron chi connectivity index (χ3n) is 6.73. The average molecular weight is 463 g/mol. The van der Waals surface area contributed by atoms with E-state index < -0.39 is 17.9 Å². The summed E-state index contributed by atoms with van der Waals surface area (Å²) in [5.41, 5.74) is 1.93. The molecule has 1 aliphatic rings. The van der Waals surface area contributed by atoms with Crippen LogP contribution in [0.5, 0.6) is 5.75 Å². The van der Waals surface area contributed by atoms with Gasteiger partial charge in [0, 0.05) is 10.9 Å². The van der Waals surface area contributed by atoms with Crippen molar-refractivity contribution in [3.05, 3.63) is 65.7 Å². The first-order chi connectivity index (χ1) is 15.7. The molecule has 3 aromatic carbocycles. The van der Waals surface area contributed by atoms with E-state index in [2.05, 4.69) is 11.7 Å². The monoisotopic (exact) mass is 462 g/mol. The summed E-state index contributed by atoms with van der Waals surface area (Å²) in [6.45, 7) is 2.21. The predicted molar refractivity (Wildman–Crippen MR) is 120 cm³/mol. The maximum Gasteiger partial charge on any atom is 0.573 e. The normalized spacial score (nSPS) is 19.1. The molecule has 0 aromatic heterocycles. The summed E-state index contributed by atoms with van der Waals surface area (Å²) >= 11 is 0. The van der Waals surface area contributed by atoms with Crippen LogP contribution in [-0.2, 0) is 0 Å². The van der Waals surface area contributed by atoms with E-state index in [1.807, 2.05) is 6.07 Å². The molecule has 0 spiro atoms. The molecule has 6 heteroatoms. The summed E-state index contributed by atoms with van der Waals surface area (Å²) in [6.07, 6.45) is 3.31. The van der Waals surface area contributed by atoms with Gasteiger partial charge in [-0.1, -0.05) is 56.5 Å². The first-order valence-corrected chi connectivity index (χ1v) is 11.5. The molecule has 176 valence electrons. The van der Waals surface area contributed by atoms with Gasteiger partial charge in [0.25, 0.3) is 0 Å². The molecule has 1 saturated carbocycles. The molecule has 0 saturated heterocycles. The van der Waals surface area contributed by atoms with E-state index in [9.17, 15) is 17.6 Å². The standard InChI is InChI=1S/C27H27F5O/c1-2-3-4-17-5-7-18(8-6-17)19-9-12-22(24(28)16-19)20-10-13-23-21(15-20)11-14-25(26(23)29)33-27(30,31)32/h9-18H,2-8H2,1H3/t17-,18-. The largest absolute Gasteiger partial charge is 0.573 e. The molecule has 1 aliphatic carbocycles. The molecule has 0 atom stereocenters. The molecule has 33 heavy (non-hydrogen) atoms. The highest BCUT2D eigenvalue weighted by molar-refractivity contribution is 5.89. The Hall–Kier alpha value is -2.63. The van der Waals surface area contributed by atoms with Crippen molar-refractivity contribution in [1.82, 2.24) is 0 Å². The maximum atomic E-state index is 15.0. The molecule has 0 bridgehead atoms. The van der Waals surface area contributed by atoms with Crippen LogP contribution in [-0.4, -0.2) is 6.36 Å². The summed E-state index contributed by atoms with van der Waals surface area (Å²) in [5, 5.41) is 0.353. The van der Waals surface area contributed by atoms with Gasteiger partial charge in [0.05, 0.1) is 0 Å². The quantitative estimate of drug-likeness (QED) is 0.332. The third kappa shape index (κ3) is 5.48. The van der Waals surface area contributed by atoms with E-state index in [0.29, 0.717) is 22.4 Å². The smallest absolute Gasteiger partial charge is 0.403 e. The van der Waals surface area contributed by atoms with Crippen LogP contribution in [0.1, 0.15) is 63.4 Å². The summed E-state index contributed by atoms with van der Waals surface area (Å²) in [7, 11) is 0. The summed E-state index contributed by atoms with van der Waals surface area (Å²) in [5.74, 6) is -1.18. The number of hydrogen-bond acceptors (Lipinski definition) is 1. The second kappa shape index (κ2) is 9.70. The van der Waals surface area contributed by atoms with Crippen molar-refractivity contribution in [1.29, 1.82) is 0 Å². The van der Waals surface area contributed by atoms with Crippen LogP contribution in [0.3, 0.4) is 0 Å². The van der Waals surface area contributed by atoms with Crippen LogP contribution in [0.4, 0.5) is 22.0 Å². The van der Waals surface area contributed by atoms with Crippen LogP contribution in [0.2, 0.25) is 0 Å². The van der Waals surface area contributed by atoms with Crippen LogP contribution in [0.15, 0.2) is 48.5 Å². The van der Waals surface area contributed by atoms with Gasteiger partial charge in [0.2, 0.25) is 0 Å². The van der Waals surface area contributed by atoms with Gasteiger partial charge >= 0.3 is 6.36 Å². The lowest BCUT2D eigenvalue weighted by atomic mass is 9.77.